The SMILES string of the molecule is O=C(CC1CC1)Nc1ccc(Nc2cc(N3CCCC3)cnn2)cc1. The lowest BCUT2D eigenvalue weighted by Gasteiger charge is -2.17. The standard InChI is InChI=1S/C19H23N5O/c25-19(11-14-3-4-14)22-16-7-5-15(6-8-16)21-18-12-17(13-20-23-18)24-9-1-2-10-24/h5-8,12-14H,1-4,9-11H2,(H,21,23)(H,22,25). The molecule has 1 aliphatic heterocycles. The zero-order valence-corrected chi connectivity index (χ0v) is 14.2. The number of rotatable bonds is 6. The van der Waals surface area contributed by atoms with Crippen molar-refractivity contribution in [2.24, 2.45) is 5.92 Å². The molecule has 2 N–H and O–H groups in total. The predicted octanol–water partition coefficient (Wildman–Crippen LogP) is 3.56. The Labute approximate surface area is 147 Å². The number of amides is 1. The number of hydrogen-bond acceptors (Lipinski definition) is 5. The highest BCUT2D eigenvalue weighted by molar-refractivity contribution is 5.91. The van der Waals surface area contributed by atoms with Gasteiger partial charge < -0.3 is 15.5 Å². The van der Waals surface area contributed by atoms with Crippen LogP contribution in [0.1, 0.15) is 32.1 Å². The van der Waals surface area contributed by atoms with Crippen molar-refractivity contribution >= 4 is 28.8 Å². The third-order valence-electron chi connectivity index (χ3n) is 4.72. The highest BCUT2D eigenvalue weighted by Gasteiger charge is 2.24. The summed E-state index contributed by atoms with van der Waals surface area (Å²) >= 11 is 0. The Hall–Kier alpha value is -2.63. The number of nitrogens with zero attached hydrogens (tertiary/aromatic N) is 3. The molecular weight excluding hydrogens is 314 g/mol. The normalized spacial score (nSPS) is 16.7. The van der Waals surface area contributed by atoms with Crippen molar-refractivity contribution in [2.45, 2.75) is 32.1 Å². The molecule has 0 radical (unpaired) electrons. The van der Waals surface area contributed by atoms with Crippen LogP contribution in [0.4, 0.5) is 22.9 Å². The molecule has 2 heterocycles. The highest BCUT2D eigenvalue weighted by atomic mass is 16.1. The summed E-state index contributed by atoms with van der Waals surface area (Å²) in [5.74, 6) is 1.43. The zero-order chi connectivity index (χ0) is 17.1. The summed E-state index contributed by atoms with van der Waals surface area (Å²) in [5, 5.41) is 14.5. The van der Waals surface area contributed by atoms with Gasteiger partial charge in [-0.2, -0.15) is 5.10 Å². The van der Waals surface area contributed by atoms with Gasteiger partial charge in [0.2, 0.25) is 5.91 Å². The molecule has 25 heavy (non-hydrogen) atoms. The van der Waals surface area contributed by atoms with Gasteiger partial charge in [-0.1, -0.05) is 0 Å². The van der Waals surface area contributed by atoms with E-state index in [1.54, 1.807) is 0 Å². The Balaban J connectivity index is 1.37. The second kappa shape index (κ2) is 7.09. The van der Waals surface area contributed by atoms with Gasteiger partial charge in [0, 0.05) is 37.0 Å². The molecule has 6 heteroatoms. The van der Waals surface area contributed by atoms with Crippen LogP contribution in [0.25, 0.3) is 0 Å². The number of aromatic nitrogens is 2. The van der Waals surface area contributed by atoms with E-state index in [1.807, 2.05) is 36.5 Å². The first kappa shape index (κ1) is 15.9. The fourth-order valence-electron chi connectivity index (χ4n) is 3.15. The minimum Gasteiger partial charge on any atom is -0.370 e. The van der Waals surface area contributed by atoms with Gasteiger partial charge in [-0.05, 0) is 55.9 Å². The van der Waals surface area contributed by atoms with E-state index >= 15 is 0 Å². The van der Waals surface area contributed by atoms with Crippen molar-refractivity contribution in [3.63, 3.8) is 0 Å². The van der Waals surface area contributed by atoms with Gasteiger partial charge in [0.15, 0.2) is 5.82 Å². The Morgan fingerprint density at radius 3 is 2.56 bits per heavy atom. The fraction of sp³-hybridized carbons (Fsp3) is 0.421. The molecule has 1 amide bonds. The van der Waals surface area contributed by atoms with Crippen LogP contribution < -0.4 is 15.5 Å². The highest BCUT2D eigenvalue weighted by Crippen LogP contribution is 2.32. The zero-order valence-electron chi connectivity index (χ0n) is 14.2. The van der Waals surface area contributed by atoms with Crippen LogP contribution in [-0.4, -0.2) is 29.2 Å². The Kier molecular flexibility index (Phi) is 4.50. The lowest BCUT2D eigenvalue weighted by atomic mass is 10.2. The predicted molar refractivity (Wildman–Crippen MR) is 99.2 cm³/mol. The average molecular weight is 337 g/mol. The van der Waals surface area contributed by atoms with E-state index < -0.39 is 0 Å². The van der Waals surface area contributed by atoms with Crippen LogP contribution in [0.15, 0.2) is 36.5 Å². The monoisotopic (exact) mass is 337 g/mol. The van der Waals surface area contributed by atoms with Crippen molar-refractivity contribution in [3.05, 3.63) is 36.5 Å². The van der Waals surface area contributed by atoms with E-state index in [4.69, 9.17) is 0 Å². The number of hydrogen-bond donors (Lipinski definition) is 2. The Bertz CT molecular complexity index is 736. The number of nitrogens with one attached hydrogen (secondary N) is 2. The minimum absolute atomic E-state index is 0.104. The molecule has 0 unspecified atom stereocenters. The van der Waals surface area contributed by atoms with E-state index in [1.165, 1.54) is 25.7 Å². The average Bonchev–Trinajstić information content (AvgIpc) is 3.25. The van der Waals surface area contributed by atoms with Crippen molar-refractivity contribution in [3.8, 4) is 0 Å². The van der Waals surface area contributed by atoms with Gasteiger partial charge in [-0.3, -0.25) is 4.79 Å². The number of anilines is 4. The molecule has 1 aromatic heterocycles. The van der Waals surface area contributed by atoms with Crippen molar-refractivity contribution in [1.29, 1.82) is 0 Å². The fourth-order valence-corrected chi connectivity index (χ4v) is 3.15. The first-order chi connectivity index (χ1) is 12.3. The van der Waals surface area contributed by atoms with Crippen LogP contribution in [0.5, 0.6) is 0 Å². The summed E-state index contributed by atoms with van der Waals surface area (Å²) in [6.07, 6.45) is 7.30. The van der Waals surface area contributed by atoms with E-state index in [9.17, 15) is 4.79 Å². The maximum absolute atomic E-state index is 11.9. The van der Waals surface area contributed by atoms with Crippen molar-refractivity contribution in [1.82, 2.24) is 10.2 Å². The van der Waals surface area contributed by atoms with Crippen LogP contribution in [0, 0.1) is 5.92 Å². The smallest absolute Gasteiger partial charge is 0.224 e. The molecule has 1 saturated heterocycles. The summed E-state index contributed by atoms with van der Waals surface area (Å²) < 4.78 is 0. The molecule has 0 atom stereocenters. The topological polar surface area (TPSA) is 70.2 Å². The molecular formula is C19H23N5O. The maximum Gasteiger partial charge on any atom is 0.224 e. The van der Waals surface area contributed by atoms with Crippen molar-refractivity contribution < 1.29 is 4.79 Å². The second-order valence-corrected chi connectivity index (χ2v) is 6.89. The molecule has 2 fully saturated rings. The summed E-state index contributed by atoms with van der Waals surface area (Å²) in [7, 11) is 0. The molecule has 2 aromatic rings. The van der Waals surface area contributed by atoms with Gasteiger partial charge in [-0.25, -0.2) is 0 Å². The van der Waals surface area contributed by atoms with E-state index in [0.29, 0.717) is 12.3 Å². The van der Waals surface area contributed by atoms with Gasteiger partial charge in [0.05, 0.1) is 11.9 Å². The molecule has 6 nitrogen and oxygen atoms in total. The number of benzene rings is 1. The first-order valence-electron chi connectivity index (χ1n) is 9.01. The number of carbonyl (C=O) groups is 1. The van der Waals surface area contributed by atoms with Crippen LogP contribution in [-0.2, 0) is 4.79 Å². The molecule has 1 aromatic carbocycles. The number of carbonyl (C=O) groups excluding carboxylic acids is 1. The Morgan fingerprint density at radius 1 is 1.12 bits per heavy atom. The lowest BCUT2D eigenvalue weighted by Crippen LogP contribution is -2.18. The molecule has 130 valence electrons. The summed E-state index contributed by atoms with van der Waals surface area (Å²) in [4.78, 5) is 14.2. The molecule has 4 rings (SSSR count). The van der Waals surface area contributed by atoms with E-state index in [0.717, 1.165) is 36.0 Å². The second-order valence-electron chi connectivity index (χ2n) is 6.89. The molecule has 0 spiro atoms. The van der Waals surface area contributed by atoms with Crippen molar-refractivity contribution in [2.75, 3.05) is 28.6 Å². The van der Waals surface area contributed by atoms with E-state index in [2.05, 4.69) is 25.7 Å². The summed E-state index contributed by atoms with van der Waals surface area (Å²) in [5.41, 5.74) is 2.86. The summed E-state index contributed by atoms with van der Waals surface area (Å²) in [6, 6.07) is 9.73. The first-order valence-corrected chi connectivity index (χ1v) is 9.01. The lowest BCUT2D eigenvalue weighted by molar-refractivity contribution is -0.116. The van der Waals surface area contributed by atoms with Gasteiger partial charge >= 0.3 is 0 Å². The summed E-state index contributed by atoms with van der Waals surface area (Å²) in [6.45, 7) is 2.17. The quantitative estimate of drug-likeness (QED) is 0.843. The largest absolute Gasteiger partial charge is 0.370 e. The Morgan fingerprint density at radius 2 is 1.84 bits per heavy atom. The molecule has 0 bridgehead atoms. The van der Waals surface area contributed by atoms with E-state index in [-0.39, 0.29) is 5.91 Å². The molecule has 2 aliphatic rings. The maximum atomic E-state index is 11.9. The van der Waals surface area contributed by atoms with Gasteiger partial charge in [-0.15, -0.1) is 5.10 Å². The molecule has 1 saturated carbocycles. The molecule has 1 aliphatic carbocycles. The van der Waals surface area contributed by atoms with Gasteiger partial charge in [0.25, 0.3) is 0 Å². The van der Waals surface area contributed by atoms with Gasteiger partial charge in [0.1, 0.15) is 0 Å². The van der Waals surface area contributed by atoms with Crippen LogP contribution in [0.3, 0.4) is 0 Å². The van der Waals surface area contributed by atoms with Crippen LogP contribution >= 0.6 is 0 Å². The third kappa shape index (κ3) is 4.26. The minimum atomic E-state index is 0.104. The third-order valence-corrected chi connectivity index (χ3v) is 4.72. The van der Waals surface area contributed by atoms with Crippen LogP contribution in [0.2, 0.25) is 0 Å².